The summed E-state index contributed by atoms with van der Waals surface area (Å²) in [5, 5.41) is 6.93. The number of fused-ring (bicyclic) bond motifs is 1. The highest BCUT2D eigenvalue weighted by Gasteiger charge is 2.44. The third-order valence-corrected chi connectivity index (χ3v) is 5.98. The second kappa shape index (κ2) is 8.34. The number of allylic oxidation sites excluding steroid dienone is 1. The molecule has 1 aliphatic heterocycles. The zero-order chi connectivity index (χ0) is 22.1. The first kappa shape index (κ1) is 20.8. The van der Waals surface area contributed by atoms with Crippen LogP contribution in [0.15, 0.2) is 53.7 Å². The zero-order valence-corrected chi connectivity index (χ0v) is 18.0. The highest BCUT2D eigenvalue weighted by atomic mass is 16.5. The van der Waals surface area contributed by atoms with E-state index in [4.69, 9.17) is 14.2 Å². The van der Waals surface area contributed by atoms with Gasteiger partial charge in [-0.05, 0) is 36.6 Å². The lowest BCUT2D eigenvalue weighted by Gasteiger charge is -2.32. The Kier molecular flexibility index (Phi) is 5.59. The lowest BCUT2D eigenvalue weighted by atomic mass is 9.74. The van der Waals surface area contributed by atoms with Crippen LogP contribution in [0.4, 0.5) is 11.4 Å². The molecule has 31 heavy (non-hydrogen) atoms. The van der Waals surface area contributed by atoms with E-state index in [1.54, 1.807) is 20.3 Å². The average molecular weight is 422 g/mol. The van der Waals surface area contributed by atoms with E-state index in [0.717, 1.165) is 22.6 Å². The van der Waals surface area contributed by atoms with E-state index in [1.165, 1.54) is 7.11 Å². The van der Waals surface area contributed by atoms with Crippen molar-refractivity contribution >= 4 is 23.1 Å². The molecule has 162 valence electrons. The number of carbonyl (C=O) groups is 2. The van der Waals surface area contributed by atoms with E-state index in [0.29, 0.717) is 23.5 Å². The molecule has 0 saturated carbocycles. The van der Waals surface area contributed by atoms with Crippen LogP contribution in [-0.2, 0) is 14.3 Å². The van der Waals surface area contributed by atoms with E-state index >= 15 is 0 Å². The van der Waals surface area contributed by atoms with Gasteiger partial charge in [-0.2, -0.15) is 0 Å². The molecule has 0 radical (unpaired) electrons. The summed E-state index contributed by atoms with van der Waals surface area (Å²) in [6.07, 6.45) is 0.547. The molecule has 0 spiro atoms. The van der Waals surface area contributed by atoms with Crippen LogP contribution < -0.4 is 20.1 Å². The van der Waals surface area contributed by atoms with Crippen LogP contribution >= 0.6 is 0 Å². The van der Waals surface area contributed by atoms with Crippen molar-refractivity contribution in [2.75, 3.05) is 32.0 Å². The van der Waals surface area contributed by atoms with Gasteiger partial charge in [0.2, 0.25) is 0 Å². The molecule has 3 atom stereocenters. The van der Waals surface area contributed by atoms with Crippen molar-refractivity contribution < 1.29 is 23.8 Å². The van der Waals surface area contributed by atoms with Crippen molar-refractivity contribution in [3.63, 3.8) is 0 Å². The first-order valence-electron chi connectivity index (χ1n) is 10.2. The number of methoxy groups -OCH3 is 3. The van der Waals surface area contributed by atoms with Gasteiger partial charge in [-0.1, -0.05) is 19.1 Å². The SMILES string of the molecule is COC(=O)[C@@H]1C(=O)C2=C(C[C@H]1C)Nc1ccccc1N[C@H]2c1ccc(OC)cc1OC. The second-order valence-electron chi connectivity index (χ2n) is 7.79. The van der Waals surface area contributed by atoms with Gasteiger partial charge in [-0.15, -0.1) is 0 Å². The quantitative estimate of drug-likeness (QED) is 0.570. The van der Waals surface area contributed by atoms with Gasteiger partial charge in [0.05, 0.1) is 38.7 Å². The zero-order valence-electron chi connectivity index (χ0n) is 18.0. The maximum atomic E-state index is 13.7. The minimum absolute atomic E-state index is 0.185. The predicted octanol–water partition coefficient (Wildman–Crippen LogP) is 3.93. The highest BCUT2D eigenvalue weighted by molar-refractivity contribution is 6.11. The smallest absolute Gasteiger partial charge is 0.316 e. The molecule has 7 nitrogen and oxygen atoms in total. The number of carbonyl (C=O) groups excluding carboxylic acids is 2. The van der Waals surface area contributed by atoms with E-state index in [-0.39, 0.29) is 11.7 Å². The summed E-state index contributed by atoms with van der Waals surface area (Å²) >= 11 is 0. The summed E-state index contributed by atoms with van der Waals surface area (Å²) in [6.45, 7) is 1.90. The van der Waals surface area contributed by atoms with Crippen LogP contribution in [0.1, 0.15) is 24.9 Å². The maximum absolute atomic E-state index is 13.7. The van der Waals surface area contributed by atoms with Gasteiger partial charge in [0.25, 0.3) is 0 Å². The van der Waals surface area contributed by atoms with Crippen LogP contribution in [0.25, 0.3) is 0 Å². The van der Waals surface area contributed by atoms with Crippen LogP contribution in [0.5, 0.6) is 11.5 Å². The Hall–Kier alpha value is -3.48. The highest BCUT2D eigenvalue weighted by Crippen LogP contribution is 2.45. The molecule has 0 fully saturated rings. The second-order valence-corrected chi connectivity index (χ2v) is 7.79. The van der Waals surface area contributed by atoms with E-state index in [2.05, 4.69) is 10.6 Å². The summed E-state index contributed by atoms with van der Waals surface area (Å²) in [7, 11) is 4.49. The number of nitrogens with one attached hydrogen (secondary N) is 2. The van der Waals surface area contributed by atoms with Crippen LogP contribution in [-0.4, -0.2) is 33.1 Å². The van der Waals surface area contributed by atoms with Crippen molar-refractivity contribution in [1.29, 1.82) is 0 Å². The summed E-state index contributed by atoms with van der Waals surface area (Å²) in [5.74, 6) is -0.542. The molecule has 0 saturated heterocycles. The molecular formula is C24H26N2O5. The summed E-state index contributed by atoms with van der Waals surface area (Å²) in [4.78, 5) is 26.1. The summed E-state index contributed by atoms with van der Waals surface area (Å²) in [5.41, 5.74) is 3.84. The van der Waals surface area contributed by atoms with Gasteiger partial charge in [0.15, 0.2) is 5.78 Å². The molecule has 0 bridgehead atoms. The van der Waals surface area contributed by atoms with Gasteiger partial charge in [0, 0.05) is 22.9 Å². The number of hydrogen-bond acceptors (Lipinski definition) is 7. The molecule has 4 rings (SSSR count). The molecular weight excluding hydrogens is 396 g/mol. The van der Waals surface area contributed by atoms with Gasteiger partial charge in [0.1, 0.15) is 17.4 Å². The van der Waals surface area contributed by atoms with Gasteiger partial charge < -0.3 is 24.8 Å². The third kappa shape index (κ3) is 3.60. The van der Waals surface area contributed by atoms with Crippen molar-refractivity contribution in [2.24, 2.45) is 11.8 Å². The van der Waals surface area contributed by atoms with Crippen LogP contribution in [0, 0.1) is 11.8 Å². The summed E-state index contributed by atoms with van der Waals surface area (Å²) < 4.78 is 15.9. The molecule has 0 aromatic heterocycles. The standard InChI is InChI=1S/C24H26N2O5/c1-13-11-18-21(23(27)20(13)24(28)31-4)22(26-17-8-6-5-7-16(17)25-18)15-10-9-14(29-2)12-19(15)30-3/h5-10,12-13,20,22,25-26H,11H2,1-4H3/t13-,20+,22+/m1/s1. The predicted molar refractivity (Wildman–Crippen MR) is 117 cm³/mol. The molecule has 7 heteroatoms. The first-order chi connectivity index (χ1) is 15.0. The Labute approximate surface area is 181 Å². The van der Waals surface area contributed by atoms with E-state index in [1.807, 2.05) is 43.3 Å². The number of esters is 1. The largest absolute Gasteiger partial charge is 0.497 e. The third-order valence-electron chi connectivity index (χ3n) is 5.98. The number of hydrogen-bond donors (Lipinski definition) is 2. The maximum Gasteiger partial charge on any atom is 0.316 e. The van der Waals surface area contributed by atoms with Gasteiger partial charge >= 0.3 is 5.97 Å². The number of ether oxygens (including phenoxy) is 3. The number of ketones is 1. The van der Waals surface area contributed by atoms with Crippen LogP contribution in [0.2, 0.25) is 0 Å². The minimum Gasteiger partial charge on any atom is -0.497 e. The first-order valence-corrected chi connectivity index (χ1v) is 10.2. The van der Waals surface area contributed by atoms with Crippen molar-refractivity contribution in [3.8, 4) is 11.5 Å². The van der Waals surface area contributed by atoms with Gasteiger partial charge in [-0.25, -0.2) is 0 Å². The molecule has 2 aromatic carbocycles. The Morgan fingerprint density at radius 2 is 1.77 bits per heavy atom. The van der Waals surface area contributed by atoms with E-state index < -0.39 is 17.9 Å². The van der Waals surface area contributed by atoms with Crippen molar-refractivity contribution in [3.05, 3.63) is 59.3 Å². The Balaban J connectivity index is 1.90. The van der Waals surface area contributed by atoms with E-state index in [9.17, 15) is 9.59 Å². The monoisotopic (exact) mass is 422 g/mol. The lowest BCUT2D eigenvalue weighted by molar-refractivity contribution is -0.151. The normalized spacial score (nSPS) is 22.3. The number of Topliss-reactive ketones (excluding diaryl/α,β-unsaturated/α-hetero) is 1. The fraction of sp³-hybridized carbons (Fsp3) is 0.333. The average Bonchev–Trinajstić information content (AvgIpc) is 2.94. The number of para-hydroxylation sites is 2. The fourth-order valence-electron chi connectivity index (χ4n) is 4.42. The fourth-order valence-corrected chi connectivity index (χ4v) is 4.42. The Morgan fingerprint density at radius 1 is 1.03 bits per heavy atom. The van der Waals surface area contributed by atoms with Gasteiger partial charge in [-0.3, -0.25) is 9.59 Å². The molecule has 0 unspecified atom stereocenters. The number of benzene rings is 2. The molecule has 1 heterocycles. The summed E-state index contributed by atoms with van der Waals surface area (Å²) in [6, 6.07) is 12.8. The topological polar surface area (TPSA) is 85.9 Å². The molecule has 1 aliphatic carbocycles. The van der Waals surface area contributed by atoms with Crippen molar-refractivity contribution in [1.82, 2.24) is 0 Å². The van der Waals surface area contributed by atoms with Crippen molar-refractivity contribution in [2.45, 2.75) is 19.4 Å². The minimum atomic E-state index is -0.847. The Bertz CT molecular complexity index is 1060. The van der Waals surface area contributed by atoms with Crippen LogP contribution in [0.3, 0.4) is 0 Å². The molecule has 0 amide bonds. The molecule has 2 N–H and O–H groups in total. The lowest BCUT2D eigenvalue weighted by Crippen LogP contribution is -2.39. The number of rotatable bonds is 4. The molecule has 2 aromatic rings. The number of anilines is 2. The molecule has 2 aliphatic rings. The Morgan fingerprint density at radius 3 is 2.45 bits per heavy atom.